The first kappa shape index (κ1) is 18.8. The van der Waals surface area contributed by atoms with Gasteiger partial charge in [-0.2, -0.15) is 0 Å². The molecule has 0 unspecified atom stereocenters. The lowest BCUT2D eigenvalue weighted by Gasteiger charge is -2.30. The summed E-state index contributed by atoms with van der Waals surface area (Å²) < 4.78 is 10.8. The Morgan fingerprint density at radius 1 is 1.33 bits per heavy atom. The van der Waals surface area contributed by atoms with Crippen LogP contribution in [0.4, 0.5) is 0 Å². The summed E-state index contributed by atoms with van der Waals surface area (Å²) in [6.07, 6.45) is 0. The minimum absolute atomic E-state index is 0. The summed E-state index contributed by atoms with van der Waals surface area (Å²) >= 11 is 1.62. The van der Waals surface area contributed by atoms with E-state index in [-0.39, 0.29) is 12.4 Å². The molecule has 0 fully saturated rings. The van der Waals surface area contributed by atoms with E-state index in [1.54, 1.807) is 18.9 Å². The number of ether oxygens (including phenoxy) is 2. The van der Waals surface area contributed by atoms with Gasteiger partial charge in [0, 0.05) is 38.2 Å². The maximum atomic E-state index is 5.59. The van der Waals surface area contributed by atoms with Gasteiger partial charge in [-0.25, -0.2) is 4.98 Å². The molecular formula is C17H21ClN3O2S-. The van der Waals surface area contributed by atoms with Crippen LogP contribution >= 0.6 is 11.8 Å². The summed E-state index contributed by atoms with van der Waals surface area (Å²) in [5, 5.41) is 3.14. The van der Waals surface area contributed by atoms with Crippen molar-refractivity contribution in [2.75, 3.05) is 33.9 Å². The number of aromatic nitrogens is 1. The molecule has 0 spiro atoms. The number of rotatable bonds is 5. The largest absolute Gasteiger partial charge is 1.00 e. The van der Waals surface area contributed by atoms with Crippen molar-refractivity contribution in [3.8, 4) is 5.75 Å². The van der Waals surface area contributed by atoms with Crippen LogP contribution in [0.25, 0.3) is 10.9 Å². The molecule has 0 bridgehead atoms. The zero-order valence-electron chi connectivity index (χ0n) is 14.1. The highest BCUT2D eigenvalue weighted by atomic mass is 35.5. The van der Waals surface area contributed by atoms with Crippen LogP contribution in [0, 0.1) is 0 Å². The van der Waals surface area contributed by atoms with Crippen molar-refractivity contribution in [1.82, 2.24) is 9.88 Å². The van der Waals surface area contributed by atoms with Crippen LogP contribution in [-0.2, 0) is 11.3 Å². The molecule has 1 aromatic heterocycles. The Kier molecular flexibility index (Phi) is 6.71. The van der Waals surface area contributed by atoms with E-state index in [0.717, 1.165) is 39.9 Å². The topological polar surface area (TPSA) is 47.0 Å². The molecule has 7 heteroatoms. The highest BCUT2D eigenvalue weighted by Gasteiger charge is 2.23. The number of thioether (sulfide) groups is 1. The Balaban J connectivity index is 0.00000208. The third-order valence-electron chi connectivity index (χ3n) is 3.71. The van der Waals surface area contributed by atoms with Gasteiger partial charge in [0.1, 0.15) is 10.8 Å². The molecule has 1 aliphatic heterocycles. The molecule has 0 aliphatic carbocycles. The number of aliphatic imine (C=N–C) groups is 1. The molecule has 0 atom stereocenters. The predicted molar refractivity (Wildman–Crippen MR) is 94.4 cm³/mol. The van der Waals surface area contributed by atoms with Crippen molar-refractivity contribution in [3.05, 3.63) is 29.8 Å². The molecular weight excluding hydrogens is 346 g/mol. The highest BCUT2D eigenvalue weighted by Crippen LogP contribution is 2.33. The zero-order chi connectivity index (χ0) is 16.2. The lowest BCUT2D eigenvalue weighted by molar-refractivity contribution is -0.00000564. The first-order valence-corrected chi connectivity index (χ1v) is 8.51. The number of benzene rings is 1. The highest BCUT2D eigenvalue weighted by molar-refractivity contribution is 8.13. The quantitative estimate of drug-likeness (QED) is 0.755. The molecule has 0 saturated heterocycles. The van der Waals surface area contributed by atoms with Gasteiger partial charge in [0.25, 0.3) is 0 Å². The van der Waals surface area contributed by atoms with Crippen LogP contribution in [0.2, 0.25) is 0 Å². The molecule has 3 rings (SSSR count). The van der Waals surface area contributed by atoms with Gasteiger partial charge in [0.2, 0.25) is 0 Å². The first-order valence-electron chi connectivity index (χ1n) is 7.70. The summed E-state index contributed by atoms with van der Waals surface area (Å²) in [7, 11) is 3.54. The number of hydrogen-bond acceptors (Lipinski definition) is 5. The van der Waals surface area contributed by atoms with Crippen LogP contribution < -0.4 is 17.1 Å². The van der Waals surface area contributed by atoms with Crippen molar-refractivity contribution >= 4 is 27.8 Å². The van der Waals surface area contributed by atoms with E-state index in [1.165, 1.54) is 5.56 Å². The van der Waals surface area contributed by atoms with Crippen molar-refractivity contribution in [3.63, 3.8) is 0 Å². The molecule has 24 heavy (non-hydrogen) atoms. The van der Waals surface area contributed by atoms with Gasteiger partial charge in [-0.3, -0.25) is 4.99 Å². The minimum Gasteiger partial charge on any atom is -1.00 e. The van der Waals surface area contributed by atoms with Crippen LogP contribution in [-0.4, -0.2) is 49.0 Å². The number of fused-ring (bicyclic) bond motifs is 2. The zero-order valence-corrected chi connectivity index (χ0v) is 15.7. The van der Waals surface area contributed by atoms with Gasteiger partial charge in [-0.05, 0) is 43.0 Å². The average Bonchev–Trinajstić information content (AvgIpc) is 2.57. The van der Waals surface area contributed by atoms with E-state index in [1.807, 2.05) is 26.1 Å². The Morgan fingerprint density at radius 2 is 2.17 bits per heavy atom. The van der Waals surface area contributed by atoms with Gasteiger partial charge < -0.3 is 26.8 Å². The van der Waals surface area contributed by atoms with E-state index in [9.17, 15) is 0 Å². The van der Waals surface area contributed by atoms with Gasteiger partial charge in [0.05, 0.1) is 18.7 Å². The fraction of sp³-hybridized carbons (Fsp3) is 0.412. The monoisotopic (exact) mass is 366 g/mol. The number of nitrogens with zero attached hydrogens (tertiary/aromatic N) is 3. The van der Waals surface area contributed by atoms with Gasteiger partial charge in [0.15, 0.2) is 5.17 Å². The number of methoxy groups -OCH3 is 1. The molecule has 0 radical (unpaired) electrons. The van der Waals surface area contributed by atoms with Crippen molar-refractivity contribution in [2.24, 2.45) is 4.99 Å². The molecule has 1 aromatic carbocycles. The summed E-state index contributed by atoms with van der Waals surface area (Å²) in [4.78, 5) is 11.4. The van der Waals surface area contributed by atoms with E-state index in [0.29, 0.717) is 13.2 Å². The second kappa shape index (κ2) is 8.55. The molecule has 130 valence electrons. The van der Waals surface area contributed by atoms with Gasteiger partial charge in [-0.15, -0.1) is 0 Å². The lowest BCUT2D eigenvalue weighted by atomic mass is 10.1. The Labute approximate surface area is 152 Å². The fourth-order valence-corrected chi connectivity index (χ4v) is 3.57. The normalized spacial score (nSPS) is 15.3. The third-order valence-corrected chi connectivity index (χ3v) is 4.88. The van der Waals surface area contributed by atoms with Crippen LogP contribution in [0.15, 0.2) is 34.3 Å². The smallest absolute Gasteiger partial charge is 0.165 e. The number of pyridine rings is 1. The molecule has 0 saturated carbocycles. The van der Waals surface area contributed by atoms with E-state index in [2.05, 4.69) is 22.0 Å². The molecule has 0 amide bonds. The van der Waals surface area contributed by atoms with Gasteiger partial charge in [-0.1, -0.05) is 0 Å². The van der Waals surface area contributed by atoms with E-state index >= 15 is 0 Å². The molecule has 1 aliphatic rings. The van der Waals surface area contributed by atoms with Crippen molar-refractivity contribution in [2.45, 2.75) is 18.5 Å². The van der Waals surface area contributed by atoms with E-state index < -0.39 is 0 Å². The predicted octanol–water partition coefficient (Wildman–Crippen LogP) is 0.177. The summed E-state index contributed by atoms with van der Waals surface area (Å²) in [5.41, 5.74) is 2.21. The first-order chi connectivity index (χ1) is 11.2. The molecule has 0 N–H and O–H groups in total. The number of halogens is 1. The van der Waals surface area contributed by atoms with Crippen molar-refractivity contribution < 1.29 is 21.9 Å². The number of hydrogen-bond donors (Lipinski definition) is 0. The SMILES string of the molecule is CCOc1ccc2nc3c(cc2c1)CN(CCOC)C(=NC)S3.[Cl-]. The lowest BCUT2D eigenvalue weighted by Crippen LogP contribution is -3.00. The Morgan fingerprint density at radius 3 is 2.88 bits per heavy atom. The Bertz CT molecular complexity index is 739. The van der Waals surface area contributed by atoms with E-state index in [4.69, 9.17) is 14.5 Å². The summed E-state index contributed by atoms with van der Waals surface area (Å²) in [5.74, 6) is 0.886. The second-order valence-corrected chi connectivity index (χ2v) is 6.22. The van der Waals surface area contributed by atoms with Crippen LogP contribution in [0.1, 0.15) is 12.5 Å². The van der Waals surface area contributed by atoms with Crippen LogP contribution in [0.3, 0.4) is 0 Å². The third kappa shape index (κ3) is 3.94. The molecule has 2 heterocycles. The number of amidine groups is 1. The maximum Gasteiger partial charge on any atom is 0.165 e. The summed E-state index contributed by atoms with van der Waals surface area (Å²) in [6.45, 7) is 4.98. The Hall–Kier alpha value is -1.50. The molecule has 2 aromatic rings. The second-order valence-electron chi connectivity index (χ2n) is 5.26. The fourth-order valence-electron chi connectivity index (χ4n) is 2.63. The van der Waals surface area contributed by atoms with Crippen LogP contribution in [0.5, 0.6) is 5.75 Å². The minimum atomic E-state index is 0. The average molecular weight is 367 g/mol. The van der Waals surface area contributed by atoms with Crippen molar-refractivity contribution in [1.29, 1.82) is 0 Å². The molecule has 5 nitrogen and oxygen atoms in total. The standard InChI is InChI=1S/C17H21N3O2S.ClH/c1-4-22-14-5-6-15-12(10-14)9-13-11-20(7-8-21-3)17(18-2)23-16(13)19-15;/h5-6,9-10H,4,7-8,11H2,1-3H3;1H/p-1. The maximum absolute atomic E-state index is 5.59. The summed E-state index contributed by atoms with van der Waals surface area (Å²) in [6, 6.07) is 8.25. The van der Waals surface area contributed by atoms with Gasteiger partial charge >= 0.3 is 0 Å².